The van der Waals surface area contributed by atoms with Crippen molar-refractivity contribution in [2.24, 2.45) is 0 Å². The van der Waals surface area contributed by atoms with Crippen molar-refractivity contribution >= 4 is 27.7 Å². The molecule has 0 radical (unpaired) electrons. The van der Waals surface area contributed by atoms with Crippen molar-refractivity contribution in [1.29, 1.82) is 0 Å². The van der Waals surface area contributed by atoms with Crippen molar-refractivity contribution in [3.8, 4) is 0 Å². The van der Waals surface area contributed by atoms with Gasteiger partial charge in [0.2, 0.25) is 15.8 Å². The fourth-order valence-corrected chi connectivity index (χ4v) is 2.36. The molecule has 1 N–H and O–H groups in total. The molecule has 0 aromatic carbocycles. The second-order valence-corrected chi connectivity index (χ2v) is 6.52. The lowest BCUT2D eigenvalue weighted by Crippen LogP contribution is -2.29. The highest BCUT2D eigenvalue weighted by Crippen LogP contribution is 2.22. The van der Waals surface area contributed by atoms with E-state index in [1.807, 2.05) is 0 Å². The Balaban J connectivity index is 2.68. The molecule has 112 valence electrons. The number of aryl methyl sites for hydroxylation is 1. The van der Waals surface area contributed by atoms with E-state index in [4.69, 9.17) is 4.42 Å². The van der Waals surface area contributed by atoms with Crippen molar-refractivity contribution in [2.75, 3.05) is 12.0 Å². The van der Waals surface area contributed by atoms with Crippen LogP contribution in [0.1, 0.15) is 22.7 Å². The summed E-state index contributed by atoms with van der Waals surface area (Å²) in [5.41, 5.74) is 0.223. The van der Waals surface area contributed by atoms with Gasteiger partial charge in [-0.3, -0.25) is 4.79 Å². The first kappa shape index (κ1) is 16.6. The van der Waals surface area contributed by atoms with Crippen LogP contribution >= 0.6 is 11.8 Å². The van der Waals surface area contributed by atoms with Crippen LogP contribution in [0.25, 0.3) is 0 Å². The molecule has 0 unspecified atom stereocenters. The molecule has 1 aromatic heterocycles. The molecule has 20 heavy (non-hydrogen) atoms. The van der Waals surface area contributed by atoms with E-state index in [-0.39, 0.29) is 23.1 Å². The zero-order chi connectivity index (χ0) is 15.3. The van der Waals surface area contributed by atoms with Crippen LogP contribution in [0.2, 0.25) is 0 Å². The number of amides is 1. The number of nitrogens with one attached hydrogen (secondary N) is 1. The Labute approximate surface area is 118 Å². The summed E-state index contributed by atoms with van der Waals surface area (Å²) in [7, 11) is -3.69. The molecular weight excluding hydrogens is 314 g/mol. The Morgan fingerprint density at radius 1 is 1.50 bits per heavy atom. The van der Waals surface area contributed by atoms with E-state index in [0.29, 0.717) is 5.75 Å². The lowest BCUT2D eigenvalue weighted by atomic mass is 10.4. The van der Waals surface area contributed by atoms with Gasteiger partial charge < -0.3 is 4.42 Å². The molecule has 1 aromatic rings. The van der Waals surface area contributed by atoms with Crippen LogP contribution in [0.3, 0.4) is 0 Å². The molecule has 0 saturated heterocycles. The lowest BCUT2D eigenvalue weighted by molar-refractivity contribution is 0.0948. The van der Waals surface area contributed by atoms with Crippen LogP contribution in [-0.4, -0.2) is 31.3 Å². The molecule has 1 amide bonds. The highest BCUT2D eigenvalue weighted by molar-refractivity contribution is 7.99. The number of carbonyl (C=O) groups is 1. The van der Waals surface area contributed by atoms with Gasteiger partial charge in [-0.25, -0.2) is 18.1 Å². The summed E-state index contributed by atoms with van der Waals surface area (Å²) in [5, 5.41) is 0.119. The average Bonchev–Trinajstić information content (AvgIpc) is 2.63. The van der Waals surface area contributed by atoms with Crippen LogP contribution in [-0.2, 0) is 10.0 Å². The smallest absolute Gasteiger partial charge is 0.302 e. The van der Waals surface area contributed by atoms with Gasteiger partial charge in [-0.2, -0.15) is 8.78 Å². The summed E-state index contributed by atoms with van der Waals surface area (Å²) < 4.78 is 52.3. The standard InChI is InChI=1S/C10H12F2N2O4S2/c1-6-8(9(15)14-20(2,16)17)18-10(13-6)19-5-3-4-7(11)12/h4H,3,5H2,1-2H3,(H,14,15). The molecule has 0 spiro atoms. The summed E-state index contributed by atoms with van der Waals surface area (Å²) in [6, 6.07) is 0. The molecule has 0 aliphatic carbocycles. The van der Waals surface area contributed by atoms with E-state index in [2.05, 4.69) is 4.98 Å². The molecule has 0 aliphatic heterocycles. The lowest BCUT2D eigenvalue weighted by Gasteiger charge is -1.99. The molecular formula is C10H12F2N2O4S2. The summed E-state index contributed by atoms with van der Waals surface area (Å²) in [4.78, 5) is 15.5. The summed E-state index contributed by atoms with van der Waals surface area (Å²) >= 11 is 1.05. The topological polar surface area (TPSA) is 89.3 Å². The van der Waals surface area contributed by atoms with Crippen molar-refractivity contribution < 1.29 is 26.4 Å². The average molecular weight is 326 g/mol. The number of nitrogens with zero attached hydrogens (tertiary/aromatic N) is 1. The molecule has 0 aliphatic rings. The SMILES string of the molecule is Cc1nc(SCCC=C(F)F)oc1C(=O)NS(C)(=O)=O. The quantitative estimate of drug-likeness (QED) is 0.635. The van der Waals surface area contributed by atoms with Crippen molar-refractivity contribution in [1.82, 2.24) is 9.71 Å². The fourth-order valence-electron chi connectivity index (χ4n) is 1.17. The van der Waals surface area contributed by atoms with E-state index >= 15 is 0 Å². The van der Waals surface area contributed by atoms with Crippen LogP contribution in [0.4, 0.5) is 8.78 Å². The molecule has 0 saturated carbocycles. The highest BCUT2D eigenvalue weighted by Gasteiger charge is 2.20. The highest BCUT2D eigenvalue weighted by atomic mass is 32.2. The first-order valence-corrected chi connectivity index (χ1v) is 8.20. The Kier molecular flexibility index (Phi) is 5.69. The molecule has 1 heterocycles. The van der Waals surface area contributed by atoms with Gasteiger partial charge in [0, 0.05) is 5.75 Å². The maximum Gasteiger partial charge on any atom is 0.302 e. The maximum atomic E-state index is 11.8. The zero-order valence-corrected chi connectivity index (χ0v) is 12.3. The second-order valence-electron chi connectivity index (χ2n) is 3.73. The monoisotopic (exact) mass is 326 g/mol. The number of oxazole rings is 1. The molecule has 1 rings (SSSR count). The normalized spacial score (nSPS) is 11.2. The minimum atomic E-state index is -3.69. The largest absolute Gasteiger partial charge is 0.426 e. The van der Waals surface area contributed by atoms with E-state index in [1.54, 1.807) is 4.72 Å². The van der Waals surface area contributed by atoms with Crippen LogP contribution in [0.5, 0.6) is 0 Å². The number of hydrogen-bond donors (Lipinski definition) is 1. The number of allylic oxidation sites excluding steroid dienone is 1. The van der Waals surface area contributed by atoms with Crippen molar-refractivity contribution in [2.45, 2.75) is 18.6 Å². The van der Waals surface area contributed by atoms with Crippen molar-refractivity contribution in [3.05, 3.63) is 23.6 Å². The fraction of sp³-hybridized carbons (Fsp3) is 0.400. The predicted molar refractivity (Wildman–Crippen MR) is 69.2 cm³/mol. The maximum absolute atomic E-state index is 11.8. The number of aromatic nitrogens is 1. The van der Waals surface area contributed by atoms with Crippen LogP contribution < -0.4 is 4.72 Å². The summed E-state index contributed by atoms with van der Waals surface area (Å²) in [6.07, 6.45) is -0.0360. The first-order chi connectivity index (χ1) is 9.19. The minimum Gasteiger partial charge on any atom is -0.426 e. The third-order valence-corrected chi connectivity index (χ3v) is 3.32. The summed E-state index contributed by atoms with van der Waals surface area (Å²) in [5.74, 6) is -0.839. The number of hydrogen-bond acceptors (Lipinski definition) is 6. The Bertz CT molecular complexity index is 621. The molecule has 0 atom stereocenters. The number of halogens is 2. The third-order valence-electron chi connectivity index (χ3n) is 1.90. The summed E-state index contributed by atoms with van der Waals surface area (Å²) in [6.45, 7) is 1.48. The van der Waals surface area contributed by atoms with Gasteiger partial charge in [0.1, 0.15) is 0 Å². The van der Waals surface area contributed by atoms with Gasteiger partial charge >= 0.3 is 5.91 Å². The van der Waals surface area contributed by atoms with Gasteiger partial charge in [0.25, 0.3) is 11.3 Å². The first-order valence-electron chi connectivity index (χ1n) is 5.32. The number of thioether (sulfide) groups is 1. The van der Waals surface area contributed by atoms with Crippen LogP contribution in [0, 0.1) is 6.92 Å². The van der Waals surface area contributed by atoms with Gasteiger partial charge in [0.15, 0.2) is 0 Å². The van der Waals surface area contributed by atoms with Crippen LogP contribution in [0.15, 0.2) is 21.8 Å². The minimum absolute atomic E-state index is 0.119. The van der Waals surface area contributed by atoms with E-state index < -0.39 is 22.0 Å². The Morgan fingerprint density at radius 3 is 2.70 bits per heavy atom. The zero-order valence-electron chi connectivity index (χ0n) is 10.6. The van der Waals surface area contributed by atoms with E-state index in [9.17, 15) is 22.0 Å². The predicted octanol–water partition coefficient (Wildman–Crippen LogP) is 1.94. The number of carbonyl (C=O) groups excluding carboxylic acids is 1. The van der Waals surface area contributed by atoms with E-state index in [0.717, 1.165) is 24.1 Å². The van der Waals surface area contributed by atoms with E-state index in [1.165, 1.54) is 6.92 Å². The Hall–Kier alpha value is -1.42. The van der Waals surface area contributed by atoms with Gasteiger partial charge in [-0.05, 0) is 19.4 Å². The number of sulfonamides is 1. The Morgan fingerprint density at radius 2 is 2.15 bits per heavy atom. The van der Waals surface area contributed by atoms with Gasteiger partial charge in [-0.1, -0.05) is 11.8 Å². The molecule has 10 heteroatoms. The second kappa shape index (κ2) is 6.84. The molecule has 0 bridgehead atoms. The van der Waals surface area contributed by atoms with Gasteiger partial charge in [-0.15, -0.1) is 0 Å². The molecule has 6 nitrogen and oxygen atoms in total. The number of rotatable bonds is 6. The molecule has 0 fully saturated rings. The van der Waals surface area contributed by atoms with Gasteiger partial charge in [0.05, 0.1) is 11.9 Å². The third kappa shape index (κ3) is 5.70. The van der Waals surface area contributed by atoms with Crippen molar-refractivity contribution in [3.63, 3.8) is 0 Å².